The summed E-state index contributed by atoms with van der Waals surface area (Å²) in [5, 5.41) is 3.17. The Kier molecular flexibility index (Phi) is 4.50. The van der Waals surface area contributed by atoms with Crippen molar-refractivity contribution >= 4 is 28.8 Å². The molecule has 2 amide bonds. The molecule has 0 unspecified atom stereocenters. The van der Waals surface area contributed by atoms with Gasteiger partial charge in [0, 0.05) is 56.8 Å². The number of amides is 2. The quantitative estimate of drug-likeness (QED) is 0.829. The third-order valence-corrected chi connectivity index (χ3v) is 6.01. The Labute approximate surface area is 157 Å². The van der Waals surface area contributed by atoms with Crippen LogP contribution >= 0.6 is 11.3 Å². The molecular weight excluding hydrogens is 348 g/mol. The van der Waals surface area contributed by atoms with Crippen molar-refractivity contribution in [3.63, 3.8) is 0 Å². The molecule has 0 radical (unpaired) electrons. The number of thiazole rings is 1. The number of fused-ring (bicyclic) bond motifs is 1. The number of nitrogens with zero attached hydrogens (tertiary/aromatic N) is 4. The maximum Gasteiger partial charge on any atom is 0.231 e. The predicted molar refractivity (Wildman–Crippen MR) is 102 cm³/mol. The molecule has 2 aliphatic rings. The molecule has 1 aromatic carbocycles. The molecular formula is C19H22N4O2S. The number of hydrogen-bond acceptors (Lipinski definition) is 5. The first kappa shape index (κ1) is 17.2. The number of anilines is 1. The standard InChI is InChI=1S/C19H22N4O2S/c1-13(24)23-7-5-22(6-8-23)11-18-20-16(12-26-18)14-3-4-17-15(9-14)10-19(25)21(17)2/h3-4,9,12H,5-8,10-11H2,1-2H3. The predicted octanol–water partition coefficient (Wildman–Crippen LogP) is 1.99. The summed E-state index contributed by atoms with van der Waals surface area (Å²) in [5.74, 6) is 0.294. The van der Waals surface area contributed by atoms with Crippen LogP contribution < -0.4 is 4.90 Å². The molecule has 0 aliphatic carbocycles. The van der Waals surface area contributed by atoms with Gasteiger partial charge in [0.05, 0.1) is 18.7 Å². The van der Waals surface area contributed by atoms with Gasteiger partial charge in [-0.3, -0.25) is 14.5 Å². The van der Waals surface area contributed by atoms with Crippen LogP contribution in [-0.2, 0) is 22.6 Å². The molecule has 0 bridgehead atoms. The highest BCUT2D eigenvalue weighted by atomic mass is 32.1. The molecule has 0 saturated carbocycles. The third-order valence-electron chi connectivity index (χ3n) is 5.18. The minimum atomic E-state index is 0.140. The van der Waals surface area contributed by atoms with E-state index < -0.39 is 0 Å². The topological polar surface area (TPSA) is 56.8 Å². The van der Waals surface area contributed by atoms with E-state index in [1.807, 2.05) is 24.1 Å². The second-order valence-electron chi connectivity index (χ2n) is 6.88. The third kappa shape index (κ3) is 3.24. The number of aromatic nitrogens is 1. The van der Waals surface area contributed by atoms with Crippen LogP contribution in [0.15, 0.2) is 23.6 Å². The monoisotopic (exact) mass is 370 g/mol. The maximum atomic E-state index is 11.9. The normalized spacial score (nSPS) is 17.7. The smallest absolute Gasteiger partial charge is 0.231 e. The average molecular weight is 370 g/mol. The lowest BCUT2D eigenvalue weighted by molar-refractivity contribution is -0.130. The van der Waals surface area contributed by atoms with Crippen molar-refractivity contribution in [2.45, 2.75) is 19.9 Å². The van der Waals surface area contributed by atoms with E-state index in [4.69, 9.17) is 4.98 Å². The van der Waals surface area contributed by atoms with Gasteiger partial charge in [0.1, 0.15) is 5.01 Å². The molecule has 6 nitrogen and oxygen atoms in total. The Balaban J connectivity index is 1.44. The van der Waals surface area contributed by atoms with Crippen LogP contribution in [0.2, 0.25) is 0 Å². The van der Waals surface area contributed by atoms with Gasteiger partial charge >= 0.3 is 0 Å². The lowest BCUT2D eigenvalue weighted by Crippen LogP contribution is -2.47. The highest BCUT2D eigenvalue weighted by Crippen LogP contribution is 2.32. The first-order valence-corrected chi connectivity index (χ1v) is 9.71. The van der Waals surface area contributed by atoms with Gasteiger partial charge in [-0.1, -0.05) is 6.07 Å². The molecule has 26 heavy (non-hydrogen) atoms. The van der Waals surface area contributed by atoms with Crippen LogP contribution in [0.4, 0.5) is 5.69 Å². The van der Waals surface area contributed by atoms with E-state index in [1.54, 1.807) is 23.2 Å². The van der Waals surface area contributed by atoms with Crippen molar-refractivity contribution in [2.24, 2.45) is 0 Å². The summed E-state index contributed by atoms with van der Waals surface area (Å²) >= 11 is 1.67. The SMILES string of the molecule is CC(=O)N1CCN(Cc2nc(-c3ccc4c(c3)CC(=O)N4C)cs2)CC1. The van der Waals surface area contributed by atoms with Crippen LogP contribution in [-0.4, -0.2) is 59.8 Å². The van der Waals surface area contributed by atoms with Crippen molar-refractivity contribution in [1.82, 2.24) is 14.8 Å². The van der Waals surface area contributed by atoms with E-state index >= 15 is 0 Å². The number of rotatable bonds is 3. The van der Waals surface area contributed by atoms with Crippen LogP contribution in [0.1, 0.15) is 17.5 Å². The fourth-order valence-electron chi connectivity index (χ4n) is 3.56. The summed E-state index contributed by atoms with van der Waals surface area (Å²) in [7, 11) is 1.82. The van der Waals surface area contributed by atoms with Crippen molar-refractivity contribution < 1.29 is 9.59 Å². The number of benzene rings is 1. The van der Waals surface area contributed by atoms with Crippen molar-refractivity contribution in [2.75, 3.05) is 38.1 Å². The molecule has 0 atom stereocenters. The number of piperazine rings is 1. The van der Waals surface area contributed by atoms with E-state index in [0.29, 0.717) is 6.42 Å². The molecule has 0 N–H and O–H groups in total. The zero-order chi connectivity index (χ0) is 18.3. The van der Waals surface area contributed by atoms with E-state index in [0.717, 1.165) is 60.2 Å². The number of likely N-dealkylation sites (N-methyl/N-ethyl adjacent to an activating group) is 1. The zero-order valence-corrected chi connectivity index (χ0v) is 15.9. The second kappa shape index (κ2) is 6.81. The van der Waals surface area contributed by atoms with E-state index in [2.05, 4.69) is 16.3 Å². The number of carbonyl (C=O) groups is 2. The van der Waals surface area contributed by atoms with Crippen LogP contribution in [0.3, 0.4) is 0 Å². The molecule has 136 valence electrons. The fourth-order valence-corrected chi connectivity index (χ4v) is 4.40. The Bertz CT molecular complexity index is 855. The van der Waals surface area contributed by atoms with Gasteiger partial charge in [0.2, 0.25) is 11.8 Å². The van der Waals surface area contributed by atoms with Gasteiger partial charge in [-0.25, -0.2) is 4.98 Å². The molecule has 2 aromatic rings. The molecule has 4 rings (SSSR count). The van der Waals surface area contributed by atoms with Gasteiger partial charge in [-0.2, -0.15) is 0 Å². The molecule has 2 aliphatic heterocycles. The number of carbonyl (C=O) groups excluding carboxylic acids is 2. The van der Waals surface area contributed by atoms with Crippen LogP contribution in [0, 0.1) is 0 Å². The highest BCUT2D eigenvalue weighted by molar-refractivity contribution is 7.09. The molecule has 0 spiro atoms. The van der Waals surface area contributed by atoms with E-state index in [9.17, 15) is 9.59 Å². The molecule has 7 heteroatoms. The molecule has 1 saturated heterocycles. The summed E-state index contributed by atoms with van der Waals surface area (Å²) < 4.78 is 0. The first-order valence-electron chi connectivity index (χ1n) is 8.83. The summed E-state index contributed by atoms with van der Waals surface area (Å²) in [5.41, 5.74) is 4.11. The van der Waals surface area contributed by atoms with Crippen LogP contribution in [0.25, 0.3) is 11.3 Å². The average Bonchev–Trinajstić information content (AvgIpc) is 3.20. The Morgan fingerprint density at radius 3 is 2.73 bits per heavy atom. The summed E-state index contributed by atoms with van der Waals surface area (Å²) in [6.45, 7) is 5.82. The van der Waals surface area contributed by atoms with Crippen molar-refractivity contribution in [3.05, 3.63) is 34.2 Å². The lowest BCUT2D eigenvalue weighted by Gasteiger charge is -2.33. The molecule has 1 fully saturated rings. The zero-order valence-electron chi connectivity index (χ0n) is 15.1. The van der Waals surface area contributed by atoms with Gasteiger partial charge in [-0.15, -0.1) is 11.3 Å². The Morgan fingerprint density at radius 2 is 2.00 bits per heavy atom. The molecule has 3 heterocycles. The summed E-state index contributed by atoms with van der Waals surface area (Å²) in [6, 6.07) is 6.13. The second-order valence-corrected chi connectivity index (χ2v) is 7.82. The van der Waals surface area contributed by atoms with Gasteiger partial charge in [-0.05, 0) is 17.7 Å². The minimum Gasteiger partial charge on any atom is -0.340 e. The minimum absolute atomic E-state index is 0.140. The van der Waals surface area contributed by atoms with Crippen molar-refractivity contribution in [1.29, 1.82) is 0 Å². The van der Waals surface area contributed by atoms with Gasteiger partial charge < -0.3 is 9.80 Å². The molecule has 1 aromatic heterocycles. The summed E-state index contributed by atoms with van der Waals surface area (Å²) in [4.78, 5) is 34.0. The Hall–Kier alpha value is -2.25. The van der Waals surface area contributed by atoms with Crippen molar-refractivity contribution in [3.8, 4) is 11.3 Å². The number of hydrogen-bond donors (Lipinski definition) is 0. The van der Waals surface area contributed by atoms with Gasteiger partial charge in [0.25, 0.3) is 0 Å². The largest absolute Gasteiger partial charge is 0.340 e. The van der Waals surface area contributed by atoms with Gasteiger partial charge in [0.15, 0.2) is 0 Å². The first-order chi connectivity index (χ1) is 12.5. The van der Waals surface area contributed by atoms with Crippen LogP contribution in [0.5, 0.6) is 0 Å². The summed E-state index contributed by atoms with van der Waals surface area (Å²) in [6.07, 6.45) is 0.469. The lowest BCUT2D eigenvalue weighted by atomic mass is 10.1. The fraction of sp³-hybridized carbons (Fsp3) is 0.421. The highest BCUT2D eigenvalue weighted by Gasteiger charge is 2.24. The maximum absolute atomic E-state index is 11.9. The Morgan fingerprint density at radius 1 is 1.23 bits per heavy atom. The van der Waals surface area contributed by atoms with E-state index in [1.165, 1.54) is 0 Å². The van der Waals surface area contributed by atoms with E-state index in [-0.39, 0.29) is 11.8 Å².